The molecule has 0 unspecified atom stereocenters. The molecule has 3 heteroatoms. The molecule has 3 nitrogen and oxygen atoms in total. The zero-order valence-electron chi connectivity index (χ0n) is 12.2. The molecule has 0 saturated heterocycles. The van der Waals surface area contributed by atoms with E-state index in [-0.39, 0.29) is 0 Å². The Labute approximate surface area is 132 Å². The van der Waals surface area contributed by atoms with E-state index < -0.39 is 0 Å². The number of hydrogen-bond acceptors (Lipinski definition) is 3. The van der Waals surface area contributed by atoms with Gasteiger partial charge in [0.15, 0.2) is 0 Å². The van der Waals surface area contributed by atoms with Crippen molar-refractivity contribution in [3.8, 4) is 11.4 Å². The highest BCUT2D eigenvalue weighted by molar-refractivity contribution is 6.05. The van der Waals surface area contributed by atoms with E-state index in [0.717, 1.165) is 44.1 Å². The van der Waals surface area contributed by atoms with E-state index >= 15 is 0 Å². The van der Waals surface area contributed by atoms with Crippen molar-refractivity contribution < 1.29 is 4.42 Å². The first-order valence-corrected chi connectivity index (χ1v) is 7.51. The monoisotopic (exact) mass is 296 g/mol. The molecule has 0 fully saturated rings. The summed E-state index contributed by atoms with van der Waals surface area (Å²) in [6.45, 7) is 0. The molecule has 0 N–H and O–H groups in total. The zero-order chi connectivity index (χ0) is 15.2. The SMILES string of the molecule is c1ccc2cc(-c3cc4oc5ccccc5c4cn3)ncc2c1. The maximum atomic E-state index is 5.93. The second kappa shape index (κ2) is 4.65. The van der Waals surface area contributed by atoms with E-state index in [2.05, 4.69) is 34.2 Å². The average Bonchev–Trinajstić information content (AvgIpc) is 2.99. The second-order valence-corrected chi connectivity index (χ2v) is 5.58. The summed E-state index contributed by atoms with van der Waals surface area (Å²) < 4.78 is 5.93. The minimum absolute atomic E-state index is 0.822. The fraction of sp³-hybridized carbons (Fsp3) is 0. The fourth-order valence-corrected chi connectivity index (χ4v) is 2.98. The lowest BCUT2D eigenvalue weighted by Crippen LogP contribution is -1.87. The molecule has 0 amide bonds. The van der Waals surface area contributed by atoms with E-state index in [1.54, 1.807) is 0 Å². The number of aromatic nitrogens is 2. The van der Waals surface area contributed by atoms with Gasteiger partial charge in [0, 0.05) is 34.6 Å². The zero-order valence-corrected chi connectivity index (χ0v) is 12.2. The highest BCUT2D eigenvalue weighted by atomic mass is 16.3. The fourth-order valence-electron chi connectivity index (χ4n) is 2.98. The predicted molar refractivity (Wildman–Crippen MR) is 92.3 cm³/mol. The molecular formula is C20H12N2O. The molecule has 0 spiro atoms. The van der Waals surface area contributed by atoms with Crippen LogP contribution in [-0.4, -0.2) is 9.97 Å². The van der Waals surface area contributed by atoms with Gasteiger partial charge < -0.3 is 4.42 Å². The largest absolute Gasteiger partial charge is 0.456 e. The van der Waals surface area contributed by atoms with Crippen LogP contribution in [0.4, 0.5) is 0 Å². The first kappa shape index (κ1) is 12.4. The van der Waals surface area contributed by atoms with Crippen LogP contribution >= 0.6 is 0 Å². The Bertz CT molecular complexity index is 1170. The van der Waals surface area contributed by atoms with Crippen molar-refractivity contribution in [2.45, 2.75) is 0 Å². The van der Waals surface area contributed by atoms with Crippen molar-refractivity contribution in [1.29, 1.82) is 0 Å². The highest BCUT2D eigenvalue weighted by Gasteiger charge is 2.09. The van der Waals surface area contributed by atoms with E-state index in [9.17, 15) is 0 Å². The van der Waals surface area contributed by atoms with Gasteiger partial charge in [0.1, 0.15) is 11.2 Å². The third kappa shape index (κ3) is 1.90. The number of fused-ring (bicyclic) bond motifs is 4. The standard InChI is InChI=1S/C20H12N2O/c1-2-6-14-11-21-17(9-13(14)5-1)18-10-20-16(12-22-18)15-7-3-4-8-19(15)23-20/h1-12H. The van der Waals surface area contributed by atoms with Crippen LogP contribution in [0.15, 0.2) is 77.5 Å². The lowest BCUT2D eigenvalue weighted by Gasteiger charge is -2.02. The van der Waals surface area contributed by atoms with Gasteiger partial charge in [0.05, 0.1) is 11.4 Å². The van der Waals surface area contributed by atoms with Crippen molar-refractivity contribution in [1.82, 2.24) is 9.97 Å². The van der Waals surface area contributed by atoms with Crippen molar-refractivity contribution in [3.63, 3.8) is 0 Å². The summed E-state index contributed by atoms with van der Waals surface area (Å²) in [6, 6.07) is 20.2. The van der Waals surface area contributed by atoms with Crippen LogP contribution in [-0.2, 0) is 0 Å². The average molecular weight is 296 g/mol. The molecule has 3 heterocycles. The van der Waals surface area contributed by atoms with Crippen LogP contribution in [0.5, 0.6) is 0 Å². The molecule has 0 saturated carbocycles. The van der Waals surface area contributed by atoms with Crippen LogP contribution in [0, 0.1) is 0 Å². The molecule has 0 aliphatic heterocycles. The minimum atomic E-state index is 0.822. The van der Waals surface area contributed by atoms with Crippen LogP contribution < -0.4 is 0 Å². The summed E-state index contributed by atoms with van der Waals surface area (Å²) >= 11 is 0. The Hall–Kier alpha value is -3.20. The van der Waals surface area contributed by atoms with Gasteiger partial charge in [0.2, 0.25) is 0 Å². The van der Waals surface area contributed by atoms with E-state index in [1.165, 1.54) is 0 Å². The number of para-hydroxylation sites is 1. The molecule has 0 aliphatic carbocycles. The van der Waals surface area contributed by atoms with Gasteiger partial charge in [-0.3, -0.25) is 9.97 Å². The molecule has 3 aromatic heterocycles. The Kier molecular flexibility index (Phi) is 2.50. The molecule has 0 aliphatic rings. The Morgan fingerprint density at radius 3 is 2.30 bits per heavy atom. The number of pyridine rings is 2. The number of hydrogen-bond donors (Lipinski definition) is 0. The molecule has 108 valence electrons. The van der Waals surface area contributed by atoms with Gasteiger partial charge in [-0.15, -0.1) is 0 Å². The first-order chi connectivity index (χ1) is 11.4. The maximum Gasteiger partial charge on any atom is 0.139 e. The highest BCUT2D eigenvalue weighted by Crippen LogP contribution is 2.30. The van der Waals surface area contributed by atoms with Crippen LogP contribution in [0.2, 0.25) is 0 Å². The van der Waals surface area contributed by atoms with Gasteiger partial charge in [-0.25, -0.2) is 0 Å². The van der Waals surface area contributed by atoms with Crippen molar-refractivity contribution in [2.75, 3.05) is 0 Å². The van der Waals surface area contributed by atoms with E-state index in [0.29, 0.717) is 0 Å². The topological polar surface area (TPSA) is 38.9 Å². The van der Waals surface area contributed by atoms with Crippen molar-refractivity contribution >= 4 is 32.7 Å². The minimum Gasteiger partial charge on any atom is -0.456 e. The molecule has 0 radical (unpaired) electrons. The summed E-state index contributed by atoms with van der Waals surface area (Å²) in [5.74, 6) is 0. The van der Waals surface area contributed by atoms with Crippen LogP contribution in [0.25, 0.3) is 44.1 Å². The van der Waals surface area contributed by atoms with Crippen molar-refractivity contribution in [3.05, 3.63) is 73.1 Å². The lowest BCUT2D eigenvalue weighted by molar-refractivity contribution is 0.668. The quantitative estimate of drug-likeness (QED) is 0.427. The maximum absolute atomic E-state index is 5.93. The number of furan rings is 1. The number of rotatable bonds is 1. The van der Waals surface area contributed by atoms with Gasteiger partial charge in [0.25, 0.3) is 0 Å². The summed E-state index contributed by atoms with van der Waals surface area (Å²) in [6.07, 6.45) is 3.75. The first-order valence-electron chi connectivity index (χ1n) is 7.51. The molecule has 5 rings (SSSR count). The van der Waals surface area contributed by atoms with E-state index in [1.807, 2.05) is 48.8 Å². The lowest BCUT2D eigenvalue weighted by atomic mass is 10.1. The van der Waals surface area contributed by atoms with Gasteiger partial charge in [-0.2, -0.15) is 0 Å². The summed E-state index contributed by atoms with van der Waals surface area (Å²) in [7, 11) is 0. The summed E-state index contributed by atoms with van der Waals surface area (Å²) in [5, 5.41) is 4.41. The smallest absolute Gasteiger partial charge is 0.139 e. The third-order valence-electron chi connectivity index (χ3n) is 4.16. The molecule has 2 aromatic carbocycles. The van der Waals surface area contributed by atoms with Crippen LogP contribution in [0.1, 0.15) is 0 Å². The van der Waals surface area contributed by atoms with E-state index in [4.69, 9.17) is 4.42 Å². The Morgan fingerprint density at radius 1 is 0.609 bits per heavy atom. The Balaban J connectivity index is 1.73. The number of benzene rings is 2. The number of nitrogens with zero attached hydrogens (tertiary/aromatic N) is 2. The molecule has 23 heavy (non-hydrogen) atoms. The molecule has 0 bridgehead atoms. The molecule has 0 atom stereocenters. The van der Waals surface area contributed by atoms with Gasteiger partial charge >= 0.3 is 0 Å². The molecule has 5 aromatic rings. The van der Waals surface area contributed by atoms with Crippen molar-refractivity contribution in [2.24, 2.45) is 0 Å². The third-order valence-corrected chi connectivity index (χ3v) is 4.16. The summed E-state index contributed by atoms with van der Waals surface area (Å²) in [5.41, 5.74) is 3.40. The predicted octanol–water partition coefficient (Wildman–Crippen LogP) is 5.20. The van der Waals surface area contributed by atoms with Crippen LogP contribution in [0.3, 0.4) is 0 Å². The molecular weight excluding hydrogens is 284 g/mol. The van der Waals surface area contributed by atoms with Gasteiger partial charge in [-0.05, 0) is 17.5 Å². The Morgan fingerprint density at radius 2 is 1.35 bits per heavy atom. The second-order valence-electron chi connectivity index (χ2n) is 5.58. The van der Waals surface area contributed by atoms with Gasteiger partial charge in [-0.1, -0.05) is 42.5 Å². The normalized spacial score (nSPS) is 11.5. The summed E-state index contributed by atoms with van der Waals surface area (Å²) in [4.78, 5) is 9.12.